The van der Waals surface area contributed by atoms with Gasteiger partial charge in [-0.3, -0.25) is 9.36 Å². The summed E-state index contributed by atoms with van der Waals surface area (Å²) >= 11 is 1.61. The molecule has 4 nitrogen and oxygen atoms in total. The molecule has 2 aromatic carbocycles. The largest absolute Gasteiger partial charge is 0.379 e. The van der Waals surface area contributed by atoms with Crippen LogP contribution in [0.1, 0.15) is 31.4 Å². The molecule has 5 heteroatoms. The SMILES string of the molecule is Cc1ccc(CSc2nc3ccccc3c(=O)n2CCCOC(C)C)cc1. The van der Waals surface area contributed by atoms with E-state index in [1.807, 2.05) is 38.1 Å². The Bertz CT molecular complexity index is 949. The van der Waals surface area contributed by atoms with Crippen molar-refractivity contribution in [3.05, 3.63) is 70.0 Å². The van der Waals surface area contributed by atoms with Crippen LogP contribution in [0, 0.1) is 6.92 Å². The molecule has 0 bridgehead atoms. The van der Waals surface area contributed by atoms with Gasteiger partial charge in [0.25, 0.3) is 5.56 Å². The average molecular weight is 383 g/mol. The molecule has 0 amide bonds. The second-order valence-corrected chi connectivity index (χ2v) is 7.86. The quantitative estimate of drug-likeness (QED) is 0.318. The van der Waals surface area contributed by atoms with E-state index in [-0.39, 0.29) is 11.7 Å². The predicted octanol–water partition coefficient (Wildman–Crippen LogP) is 4.81. The molecule has 3 rings (SSSR count). The Labute approximate surface area is 164 Å². The maximum Gasteiger partial charge on any atom is 0.262 e. The molecule has 27 heavy (non-hydrogen) atoms. The number of rotatable bonds is 8. The Morgan fingerprint density at radius 1 is 1.11 bits per heavy atom. The highest BCUT2D eigenvalue weighted by Gasteiger charge is 2.11. The van der Waals surface area contributed by atoms with Crippen molar-refractivity contribution in [2.75, 3.05) is 6.61 Å². The summed E-state index contributed by atoms with van der Waals surface area (Å²) in [5.74, 6) is 0.785. The Morgan fingerprint density at radius 3 is 2.59 bits per heavy atom. The number of aromatic nitrogens is 2. The van der Waals surface area contributed by atoms with Gasteiger partial charge in [-0.25, -0.2) is 4.98 Å². The predicted molar refractivity (Wildman–Crippen MR) is 112 cm³/mol. The minimum absolute atomic E-state index is 0.0246. The number of ether oxygens (including phenoxy) is 1. The van der Waals surface area contributed by atoms with E-state index in [1.54, 1.807) is 16.3 Å². The lowest BCUT2D eigenvalue weighted by atomic mass is 10.2. The van der Waals surface area contributed by atoms with Crippen LogP contribution in [0.3, 0.4) is 0 Å². The van der Waals surface area contributed by atoms with Crippen molar-refractivity contribution in [2.45, 2.75) is 50.8 Å². The summed E-state index contributed by atoms with van der Waals surface area (Å²) in [6.45, 7) is 7.37. The van der Waals surface area contributed by atoms with Crippen molar-refractivity contribution < 1.29 is 4.74 Å². The number of aryl methyl sites for hydroxylation is 1. The Hall–Kier alpha value is -2.11. The third-order valence-electron chi connectivity index (χ3n) is 4.29. The molecule has 0 saturated heterocycles. The number of nitrogens with zero attached hydrogens (tertiary/aromatic N) is 2. The molecular weight excluding hydrogens is 356 g/mol. The van der Waals surface area contributed by atoms with E-state index in [4.69, 9.17) is 9.72 Å². The number of thioether (sulfide) groups is 1. The Morgan fingerprint density at radius 2 is 1.85 bits per heavy atom. The molecule has 0 unspecified atom stereocenters. The van der Waals surface area contributed by atoms with Gasteiger partial charge in [0.15, 0.2) is 5.16 Å². The molecular formula is C22H26N2O2S. The second kappa shape index (κ2) is 9.20. The van der Waals surface area contributed by atoms with Crippen molar-refractivity contribution in [3.63, 3.8) is 0 Å². The summed E-state index contributed by atoms with van der Waals surface area (Å²) in [5, 5.41) is 1.44. The molecule has 0 spiro atoms. The van der Waals surface area contributed by atoms with Crippen LogP contribution in [0.15, 0.2) is 58.5 Å². The molecule has 3 aromatic rings. The van der Waals surface area contributed by atoms with Gasteiger partial charge in [-0.15, -0.1) is 0 Å². The van der Waals surface area contributed by atoms with Crippen LogP contribution < -0.4 is 5.56 Å². The van der Waals surface area contributed by atoms with Gasteiger partial charge < -0.3 is 4.74 Å². The summed E-state index contributed by atoms with van der Waals surface area (Å²) in [5.41, 5.74) is 3.25. The van der Waals surface area contributed by atoms with Gasteiger partial charge in [-0.2, -0.15) is 0 Å². The van der Waals surface area contributed by atoms with E-state index in [1.165, 1.54) is 11.1 Å². The topological polar surface area (TPSA) is 44.1 Å². The van der Waals surface area contributed by atoms with Crippen LogP contribution in [-0.4, -0.2) is 22.3 Å². The van der Waals surface area contributed by atoms with Crippen LogP contribution in [0.25, 0.3) is 10.9 Å². The molecule has 0 N–H and O–H groups in total. The lowest BCUT2D eigenvalue weighted by molar-refractivity contribution is 0.0743. The zero-order valence-electron chi connectivity index (χ0n) is 16.1. The molecule has 1 heterocycles. The molecule has 0 saturated carbocycles. The van der Waals surface area contributed by atoms with E-state index in [9.17, 15) is 4.79 Å². The molecule has 0 aliphatic rings. The molecule has 142 valence electrons. The normalized spacial score (nSPS) is 11.4. The molecule has 0 radical (unpaired) electrons. The highest BCUT2D eigenvalue weighted by atomic mass is 32.2. The molecule has 0 aliphatic heterocycles. The summed E-state index contributed by atoms with van der Waals surface area (Å²) in [7, 11) is 0. The number of para-hydroxylation sites is 1. The fourth-order valence-electron chi connectivity index (χ4n) is 2.83. The standard InChI is InChI=1S/C22H26N2O2S/c1-16(2)26-14-6-13-24-21(25)19-7-4-5-8-20(19)23-22(24)27-15-18-11-9-17(3)10-12-18/h4-5,7-12,16H,6,13-15H2,1-3H3. The lowest BCUT2D eigenvalue weighted by Crippen LogP contribution is -2.24. The monoisotopic (exact) mass is 382 g/mol. The van der Waals surface area contributed by atoms with Gasteiger partial charge >= 0.3 is 0 Å². The van der Waals surface area contributed by atoms with Crippen LogP contribution >= 0.6 is 11.8 Å². The van der Waals surface area contributed by atoms with Gasteiger partial charge in [0.05, 0.1) is 17.0 Å². The van der Waals surface area contributed by atoms with E-state index in [0.717, 1.165) is 22.8 Å². The van der Waals surface area contributed by atoms with Gasteiger partial charge in [0.1, 0.15) is 0 Å². The minimum atomic E-state index is 0.0246. The van der Waals surface area contributed by atoms with Crippen LogP contribution in [0.2, 0.25) is 0 Å². The van der Waals surface area contributed by atoms with E-state index < -0.39 is 0 Å². The molecule has 1 aromatic heterocycles. The first-order valence-corrected chi connectivity index (χ1v) is 10.3. The number of hydrogen-bond donors (Lipinski definition) is 0. The fourth-order valence-corrected chi connectivity index (χ4v) is 3.81. The maximum atomic E-state index is 13.0. The molecule has 0 atom stereocenters. The smallest absolute Gasteiger partial charge is 0.262 e. The first-order chi connectivity index (χ1) is 13.0. The first kappa shape index (κ1) is 19.6. The molecule has 0 fully saturated rings. The van der Waals surface area contributed by atoms with Crippen molar-refractivity contribution in [2.24, 2.45) is 0 Å². The van der Waals surface area contributed by atoms with Crippen molar-refractivity contribution in [1.82, 2.24) is 9.55 Å². The van der Waals surface area contributed by atoms with Crippen molar-refractivity contribution >= 4 is 22.7 Å². The highest BCUT2D eigenvalue weighted by Crippen LogP contribution is 2.22. The number of hydrogen-bond acceptors (Lipinski definition) is 4. The number of benzene rings is 2. The Balaban J connectivity index is 1.85. The van der Waals surface area contributed by atoms with Gasteiger partial charge in [0, 0.05) is 18.9 Å². The average Bonchev–Trinajstić information content (AvgIpc) is 2.66. The first-order valence-electron chi connectivity index (χ1n) is 9.34. The second-order valence-electron chi connectivity index (χ2n) is 6.92. The van der Waals surface area contributed by atoms with Crippen molar-refractivity contribution in [1.29, 1.82) is 0 Å². The van der Waals surface area contributed by atoms with Crippen LogP contribution in [0.4, 0.5) is 0 Å². The zero-order valence-corrected chi connectivity index (χ0v) is 17.0. The zero-order chi connectivity index (χ0) is 19.2. The highest BCUT2D eigenvalue weighted by molar-refractivity contribution is 7.98. The maximum absolute atomic E-state index is 13.0. The summed E-state index contributed by atoms with van der Waals surface area (Å²) in [6.07, 6.45) is 0.989. The van der Waals surface area contributed by atoms with Gasteiger partial charge in [0.2, 0.25) is 0 Å². The Kier molecular flexibility index (Phi) is 6.69. The van der Waals surface area contributed by atoms with Gasteiger partial charge in [-0.05, 0) is 44.9 Å². The lowest BCUT2D eigenvalue weighted by Gasteiger charge is -2.14. The van der Waals surface area contributed by atoms with Crippen molar-refractivity contribution in [3.8, 4) is 0 Å². The minimum Gasteiger partial charge on any atom is -0.379 e. The summed E-state index contributed by atoms with van der Waals surface area (Å²) in [4.78, 5) is 17.8. The third-order valence-corrected chi connectivity index (χ3v) is 5.34. The van der Waals surface area contributed by atoms with Gasteiger partial charge in [-0.1, -0.05) is 53.7 Å². The number of fused-ring (bicyclic) bond motifs is 1. The third kappa shape index (κ3) is 5.21. The van der Waals surface area contributed by atoms with E-state index in [0.29, 0.717) is 18.5 Å². The van der Waals surface area contributed by atoms with Crippen LogP contribution in [-0.2, 0) is 17.0 Å². The van der Waals surface area contributed by atoms with E-state index >= 15 is 0 Å². The summed E-state index contributed by atoms with van der Waals surface area (Å²) in [6, 6.07) is 16.0. The molecule has 0 aliphatic carbocycles. The summed E-state index contributed by atoms with van der Waals surface area (Å²) < 4.78 is 7.43. The van der Waals surface area contributed by atoms with E-state index in [2.05, 4.69) is 31.2 Å². The van der Waals surface area contributed by atoms with Crippen LogP contribution in [0.5, 0.6) is 0 Å². The fraction of sp³-hybridized carbons (Fsp3) is 0.364.